The highest BCUT2D eigenvalue weighted by Crippen LogP contribution is 2.30. The van der Waals surface area contributed by atoms with Crippen molar-refractivity contribution in [2.75, 3.05) is 36.9 Å². The third-order valence-corrected chi connectivity index (χ3v) is 6.09. The number of hydrogen-bond acceptors (Lipinski definition) is 8. The average molecular weight is 483 g/mol. The summed E-state index contributed by atoms with van der Waals surface area (Å²) in [6.45, 7) is 5.26. The zero-order valence-corrected chi connectivity index (χ0v) is 19.6. The molecule has 0 spiro atoms. The summed E-state index contributed by atoms with van der Waals surface area (Å²) in [5.74, 6) is 0.146. The predicted molar refractivity (Wildman–Crippen MR) is 139 cm³/mol. The maximum Gasteiger partial charge on any atom is 0.247 e. The standard InChI is InChI=1S/C27H26N6O3/c1-2-24(35)31-21-10-11-29-23(14-21)22-5-3-4-18-15-30-26(33-25(18)22)32-20-8-6-19(7-9-20)27(17-34)16-28-12-13-36-27/h2-11,14-15,28,34H,1,12-13,16-17H2,(H,29,31,35)(H,30,32,33)/t27-/m0/s1. The number of pyridine rings is 1. The van der Waals surface area contributed by atoms with Crippen LogP contribution in [0.1, 0.15) is 5.56 Å². The van der Waals surface area contributed by atoms with Crippen LogP contribution in [0.25, 0.3) is 22.2 Å². The molecule has 4 N–H and O–H groups in total. The van der Waals surface area contributed by atoms with Crippen molar-refractivity contribution < 1.29 is 14.6 Å². The van der Waals surface area contributed by atoms with Crippen LogP contribution in [0, 0.1) is 0 Å². The summed E-state index contributed by atoms with van der Waals surface area (Å²) < 4.78 is 5.91. The topological polar surface area (TPSA) is 121 Å². The van der Waals surface area contributed by atoms with Crippen LogP contribution in [0.5, 0.6) is 0 Å². The molecule has 1 amide bonds. The van der Waals surface area contributed by atoms with E-state index in [0.717, 1.165) is 34.3 Å². The lowest BCUT2D eigenvalue weighted by atomic mass is 9.93. The fourth-order valence-electron chi connectivity index (χ4n) is 4.20. The Balaban J connectivity index is 1.42. The summed E-state index contributed by atoms with van der Waals surface area (Å²) in [6.07, 6.45) is 4.62. The summed E-state index contributed by atoms with van der Waals surface area (Å²) in [4.78, 5) is 25.4. The van der Waals surface area contributed by atoms with Crippen molar-refractivity contribution in [2.24, 2.45) is 0 Å². The molecular formula is C27H26N6O3. The molecule has 1 aliphatic heterocycles. The van der Waals surface area contributed by atoms with Crippen molar-refractivity contribution in [3.05, 3.63) is 85.2 Å². The number of morpholine rings is 1. The van der Waals surface area contributed by atoms with Gasteiger partial charge in [0.2, 0.25) is 11.9 Å². The zero-order valence-electron chi connectivity index (χ0n) is 19.6. The first-order valence-corrected chi connectivity index (χ1v) is 11.6. The van der Waals surface area contributed by atoms with E-state index in [0.29, 0.717) is 30.5 Å². The molecule has 9 heteroatoms. The van der Waals surface area contributed by atoms with Gasteiger partial charge in [0.1, 0.15) is 5.60 Å². The van der Waals surface area contributed by atoms with Crippen LogP contribution in [-0.4, -0.2) is 52.3 Å². The van der Waals surface area contributed by atoms with Crippen LogP contribution in [0.4, 0.5) is 17.3 Å². The average Bonchev–Trinajstić information content (AvgIpc) is 2.93. The molecule has 0 bridgehead atoms. The van der Waals surface area contributed by atoms with Crippen LogP contribution in [0.3, 0.4) is 0 Å². The molecule has 2 aromatic carbocycles. The summed E-state index contributed by atoms with van der Waals surface area (Å²) in [7, 11) is 0. The maximum atomic E-state index is 11.7. The second-order valence-electron chi connectivity index (χ2n) is 8.44. The number of anilines is 3. The Morgan fingerprint density at radius 3 is 2.78 bits per heavy atom. The number of benzene rings is 2. The lowest BCUT2D eigenvalue weighted by Gasteiger charge is -2.36. The van der Waals surface area contributed by atoms with Crippen LogP contribution in [0.2, 0.25) is 0 Å². The van der Waals surface area contributed by atoms with Crippen molar-refractivity contribution in [1.82, 2.24) is 20.3 Å². The van der Waals surface area contributed by atoms with Gasteiger partial charge in [-0.1, -0.05) is 36.9 Å². The number of rotatable bonds is 7. The molecule has 1 fully saturated rings. The summed E-state index contributed by atoms with van der Waals surface area (Å²) in [5, 5.41) is 20.1. The van der Waals surface area contributed by atoms with Crippen LogP contribution < -0.4 is 16.0 Å². The third-order valence-electron chi connectivity index (χ3n) is 6.09. The number of aliphatic hydroxyl groups is 1. The van der Waals surface area contributed by atoms with Gasteiger partial charge in [-0.2, -0.15) is 0 Å². The monoisotopic (exact) mass is 482 g/mol. The molecule has 9 nitrogen and oxygen atoms in total. The van der Waals surface area contributed by atoms with Gasteiger partial charge in [-0.25, -0.2) is 9.97 Å². The Hall–Kier alpha value is -4.18. The highest BCUT2D eigenvalue weighted by molar-refractivity contribution is 5.99. The number of para-hydroxylation sites is 1. The van der Waals surface area contributed by atoms with Gasteiger partial charge < -0.3 is 25.8 Å². The highest BCUT2D eigenvalue weighted by Gasteiger charge is 2.34. The van der Waals surface area contributed by atoms with Crippen LogP contribution in [0.15, 0.2) is 79.6 Å². The fraction of sp³-hybridized carbons (Fsp3) is 0.185. The molecular weight excluding hydrogens is 456 g/mol. The molecule has 1 aliphatic rings. The largest absolute Gasteiger partial charge is 0.393 e. The van der Waals surface area contributed by atoms with E-state index in [1.54, 1.807) is 24.5 Å². The number of ether oxygens (including phenoxy) is 1. The molecule has 2 aromatic heterocycles. The van der Waals surface area contributed by atoms with E-state index in [1.807, 2.05) is 42.5 Å². The normalized spacial score (nSPS) is 17.5. The molecule has 0 saturated carbocycles. The molecule has 4 aromatic rings. The highest BCUT2D eigenvalue weighted by atomic mass is 16.5. The minimum atomic E-state index is -0.738. The first-order chi connectivity index (χ1) is 17.6. The molecule has 3 heterocycles. The van der Waals surface area contributed by atoms with Crippen LogP contribution >= 0.6 is 0 Å². The van der Waals surface area contributed by atoms with Crippen molar-refractivity contribution >= 4 is 34.1 Å². The van der Waals surface area contributed by atoms with E-state index < -0.39 is 5.60 Å². The van der Waals surface area contributed by atoms with E-state index in [1.165, 1.54) is 6.08 Å². The number of amides is 1. The van der Waals surface area contributed by atoms with Gasteiger partial charge in [-0.15, -0.1) is 0 Å². The Labute approximate surface area is 208 Å². The van der Waals surface area contributed by atoms with E-state index >= 15 is 0 Å². The second-order valence-corrected chi connectivity index (χ2v) is 8.44. The van der Waals surface area contributed by atoms with E-state index in [9.17, 15) is 9.90 Å². The number of aromatic nitrogens is 3. The number of fused-ring (bicyclic) bond motifs is 1. The predicted octanol–water partition coefficient (Wildman–Crippen LogP) is 3.37. The Morgan fingerprint density at radius 2 is 2.03 bits per heavy atom. The molecule has 5 rings (SSSR count). The van der Waals surface area contributed by atoms with Gasteiger partial charge in [0, 0.05) is 47.8 Å². The fourth-order valence-corrected chi connectivity index (χ4v) is 4.20. The molecule has 0 aliphatic carbocycles. The lowest BCUT2D eigenvalue weighted by Crippen LogP contribution is -2.49. The summed E-state index contributed by atoms with van der Waals surface area (Å²) >= 11 is 0. The van der Waals surface area contributed by atoms with E-state index in [4.69, 9.17) is 9.72 Å². The van der Waals surface area contributed by atoms with E-state index in [-0.39, 0.29) is 12.5 Å². The molecule has 182 valence electrons. The van der Waals surface area contributed by atoms with Crippen molar-refractivity contribution in [2.45, 2.75) is 5.60 Å². The molecule has 1 saturated heterocycles. The number of hydrogen-bond donors (Lipinski definition) is 4. The van der Waals surface area contributed by atoms with Gasteiger partial charge in [0.15, 0.2) is 0 Å². The van der Waals surface area contributed by atoms with Crippen molar-refractivity contribution in [3.8, 4) is 11.3 Å². The lowest BCUT2D eigenvalue weighted by molar-refractivity contribution is -0.111. The van der Waals surface area contributed by atoms with Gasteiger partial charge in [-0.3, -0.25) is 9.78 Å². The van der Waals surface area contributed by atoms with Gasteiger partial charge in [0.25, 0.3) is 0 Å². The SMILES string of the molecule is C=CC(=O)Nc1ccnc(-c2cccc3cnc(Nc4ccc([C@@]5(CO)CNCCO5)cc4)nc23)c1. The second kappa shape index (κ2) is 10.2. The molecule has 0 radical (unpaired) electrons. The molecule has 0 unspecified atom stereocenters. The minimum absolute atomic E-state index is 0.101. The maximum absolute atomic E-state index is 11.7. The first kappa shape index (κ1) is 23.6. The Bertz CT molecular complexity index is 1400. The summed E-state index contributed by atoms with van der Waals surface area (Å²) in [5.41, 5.74) is 3.80. The minimum Gasteiger partial charge on any atom is -0.393 e. The quantitative estimate of drug-likeness (QED) is 0.296. The Kier molecular flexibility index (Phi) is 6.68. The van der Waals surface area contributed by atoms with E-state index in [2.05, 4.69) is 32.5 Å². The van der Waals surface area contributed by atoms with Crippen molar-refractivity contribution in [1.29, 1.82) is 0 Å². The first-order valence-electron chi connectivity index (χ1n) is 11.6. The Morgan fingerprint density at radius 1 is 1.17 bits per heavy atom. The zero-order chi connectivity index (χ0) is 25.0. The smallest absolute Gasteiger partial charge is 0.247 e. The third kappa shape index (κ3) is 4.80. The van der Waals surface area contributed by atoms with Gasteiger partial charge >= 0.3 is 0 Å². The van der Waals surface area contributed by atoms with Crippen molar-refractivity contribution in [3.63, 3.8) is 0 Å². The number of aliphatic hydroxyl groups excluding tert-OH is 1. The molecule has 1 atom stereocenters. The number of nitrogens with one attached hydrogen (secondary N) is 3. The summed E-state index contributed by atoms with van der Waals surface area (Å²) in [6, 6.07) is 17.0. The number of carbonyl (C=O) groups excluding carboxylic acids is 1. The van der Waals surface area contributed by atoms with Gasteiger partial charge in [-0.05, 0) is 35.9 Å². The van der Waals surface area contributed by atoms with Crippen LogP contribution in [-0.2, 0) is 15.1 Å². The van der Waals surface area contributed by atoms with Gasteiger partial charge in [0.05, 0.1) is 24.4 Å². The number of carbonyl (C=O) groups is 1. The molecule has 36 heavy (non-hydrogen) atoms. The number of nitrogens with zero attached hydrogens (tertiary/aromatic N) is 3.